The molecule has 7 nitrogen and oxygen atoms in total. The number of urea groups is 1. The number of nitrogens with zero attached hydrogens (tertiary/aromatic N) is 3. The molecule has 2 unspecified atom stereocenters. The third-order valence-electron chi connectivity index (χ3n) is 4.24. The number of carbonyl (C=O) groups is 1. The number of benzene rings is 1. The summed E-state index contributed by atoms with van der Waals surface area (Å²) in [5.74, 6) is 0.635. The molecule has 1 aromatic carbocycles. The lowest BCUT2D eigenvalue weighted by Gasteiger charge is -2.27. The molecule has 0 bridgehead atoms. The number of amides is 2. The highest BCUT2D eigenvalue weighted by Crippen LogP contribution is 2.22. The second-order valence-electron chi connectivity index (χ2n) is 6.14. The van der Waals surface area contributed by atoms with Crippen LogP contribution in [-0.2, 0) is 4.74 Å². The van der Waals surface area contributed by atoms with Gasteiger partial charge in [-0.05, 0) is 56.4 Å². The van der Waals surface area contributed by atoms with Gasteiger partial charge < -0.3 is 15.4 Å². The molecule has 7 heteroatoms. The summed E-state index contributed by atoms with van der Waals surface area (Å²) in [5.41, 5.74) is 1.64. The molecule has 1 fully saturated rings. The van der Waals surface area contributed by atoms with Crippen LogP contribution in [-0.4, -0.2) is 40.3 Å². The van der Waals surface area contributed by atoms with Crippen LogP contribution in [0.15, 0.2) is 36.7 Å². The SMILES string of the molecule is CC1CC(CCNC(=O)Nc2ccc(-n3ccnn3)cc2)CCO1. The van der Waals surface area contributed by atoms with Gasteiger partial charge in [0.05, 0.1) is 24.2 Å². The van der Waals surface area contributed by atoms with Crippen molar-refractivity contribution in [2.45, 2.75) is 32.3 Å². The van der Waals surface area contributed by atoms with Gasteiger partial charge in [-0.2, -0.15) is 0 Å². The Kier molecular flexibility index (Phi) is 5.43. The zero-order chi connectivity index (χ0) is 16.8. The van der Waals surface area contributed by atoms with E-state index >= 15 is 0 Å². The Hall–Kier alpha value is -2.41. The van der Waals surface area contributed by atoms with Crippen molar-refractivity contribution in [1.82, 2.24) is 20.3 Å². The highest BCUT2D eigenvalue weighted by molar-refractivity contribution is 5.89. The standard InChI is InChI=1S/C17H23N5O2/c1-13-12-14(7-11-24-13)6-8-18-17(23)20-15-2-4-16(5-3-15)22-10-9-19-21-22/h2-5,9-10,13-14H,6-8,11-12H2,1H3,(H2,18,20,23). The van der Waals surface area contributed by atoms with Crippen molar-refractivity contribution in [1.29, 1.82) is 0 Å². The maximum atomic E-state index is 12.0. The molecule has 2 aromatic rings. The molecule has 1 aromatic heterocycles. The van der Waals surface area contributed by atoms with Crippen molar-refractivity contribution < 1.29 is 9.53 Å². The first-order valence-corrected chi connectivity index (χ1v) is 8.34. The van der Waals surface area contributed by atoms with Crippen LogP contribution in [0, 0.1) is 5.92 Å². The first-order chi connectivity index (χ1) is 11.7. The molecule has 3 rings (SSSR count). The molecule has 1 aliphatic rings. The molecule has 1 aliphatic heterocycles. The molecule has 0 spiro atoms. The van der Waals surface area contributed by atoms with Gasteiger partial charge in [0.15, 0.2) is 0 Å². The number of anilines is 1. The minimum Gasteiger partial charge on any atom is -0.378 e. The largest absolute Gasteiger partial charge is 0.378 e. The van der Waals surface area contributed by atoms with Gasteiger partial charge in [-0.25, -0.2) is 9.48 Å². The summed E-state index contributed by atoms with van der Waals surface area (Å²) in [7, 11) is 0. The monoisotopic (exact) mass is 329 g/mol. The van der Waals surface area contributed by atoms with Gasteiger partial charge in [-0.15, -0.1) is 5.10 Å². The zero-order valence-corrected chi connectivity index (χ0v) is 13.8. The summed E-state index contributed by atoms with van der Waals surface area (Å²) in [5, 5.41) is 13.5. The molecular formula is C17H23N5O2. The molecule has 2 heterocycles. The summed E-state index contributed by atoms with van der Waals surface area (Å²) in [6.45, 7) is 3.62. The van der Waals surface area contributed by atoms with Crippen LogP contribution < -0.4 is 10.6 Å². The van der Waals surface area contributed by atoms with Gasteiger partial charge in [0.1, 0.15) is 0 Å². The molecule has 0 aliphatic carbocycles. The molecule has 2 atom stereocenters. The number of hydrogen-bond donors (Lipinski definition) is 2. The molecule has 128 valence electrons. The van der Waals surface area contributed by atoms with Crippen LogP contribution in [0.2, 0.25) is 0 Å². The number of carbonyl (C=O) groups excluding carboxylic acids is 1. The van der Waals surface area contributed by atoms with Gasteiger partial charge in [0.2, 0.25) is 0 Å². The van der Waals surface area contributed by atoms with Crippen molar-refractivity contribution in [2.24, 2.45) is 5.92 Å². The third-order valence-corrected chi connectivity index (χ3v) is 4.24. The zero-order valence-electron chi connectivity index (χ0n) is 13.8. The van der Waals surface area contributed by atoms with Crippen molar-refractivity contribution in [3.63, 3.8) is 0 Å². The highest BCUT2D eigenvalue weighted by atomic mass is 16.5. The molecular weight excluding hydrogens is 306 g/mol. The predicted octanol–water partition coefficient (Wildman–Crippen LogP) is 2.59. The quantitative estimate of drug-likeness (QED) is 0.883. The lowest BCUT2D eigenvalue weighted by molar-refractivity contribution is 0.00118. The third kappa shape index (κ3) is 4.55. The normalized spacial score (nSPS) is 20.5. The van der Waals surface area contributed by atoms with Crippen LogP contribution >= 0.6 is 0 Å². The Labute approximate surface area is 141 Å². The number of nitrogens with one attached hydrogen (secondary N) is 2. The van der Waals surface area contributed by atoms with Crippen LogP contribution in [0.25, 0.3) is 5.69 Å². The average molecular weight is 329 g/mol. The minimum atomic E-state index is -0.177. The maximum absolute atomic E-state index is 12.0. The fraction of sp³-hybridized carbons (Fsp3) is 0.471. The van der Waals surface area contributed by atoms with Gasteiger partial charge in [0, 0.05) is 18.8 Å². The molecule has 2 amide bonds. The van der Waals surface area contributed by atoms with E-state index in [1.54, 1.807) is 17.1 Å². The van der Waals surface area contributed by atoms with E-state index < -0.39 is 0 Å². The fourth-order valence-electron chi connectivity index (χ4n) is 2.96. The van der Waals surface area contributed by atoms with E-state index in [-0.39, 0.29) is 6.03 Å². The number of rotatable bonds is 5. The number of aromatic nitrogens is 3. The van der Waals surface area contributed by atoms with Crippen molar-refractivity contribution in [2.75, 3.05) is 18.5 Å². The first-order valence-electron chi connectivity index (χ1n) is 8.34. The van der Waals surface area contributed by atoms with E-state index in [9.17, 15) is 4.79 Å². The van der Waals surface area contributed by atoms with Gasteiger partial charge in [-0.3, -0.25) is 0 Å². The van der Waals surface area contributed by atoms with Crippen LogP contribution in [0.5, 0.6) is 0 Å². The average Bonchev–Trinajstić information content (AvgIpc) is 3.10. The summed E-state index contributed by atoms with van der Waals surface area (Å²) < 4.78 is 7.21. The van der Waals surface area contributed by atoms with Crippen LogP contribution in [0.1, 0.15) is 26.2 Å². The smallest absolute Gasteiger partial charge is 0.319 e. The second-order valence-corrected chi connectivity index (χ2v) is 6.14. The van der Waals surface area contributed by atoms with Gasteiger partial charge in [-0.1, -0.05) is 5.21 Å². The van der Waals surface area contributed by atoms with Crippen LogP contribution in [0.4, 0.5) is 10.5 Å². The molecule has 0 radical (unpaired) electrons. The summed E-state index contributed by atoms with van der Waals surface area (Å²) in [6.07, 6.45) is 6.88. The lowest BCUT2D eigenvalue weighted by Crippen LogP contribution is -2.32. The topological polar surface area (TPSA) is 81.1 Å². The fourth-order valence-corrected chi connectivity index (χ4v) is 2.96. The molecule has 2 N–H and O–H groups in total. The molecule has 0 saturated carbocycles. The number of ether oxygens (including phenoxy) is 1. The highest BCUT2D eigenvalue weighted by Gasteiger charge is 2.18. The van der Waals surface area contributed by atoms with E-state index in [0.717, 1.165) is 37.2 Å². The summed E-state index contributed by atoms with van der Waals surface area (Å²) in [6, 6.07) is 7.28. The Balaban J connectivity index is 1.41. The number of hydrogen-bond acceptors (Lipinski definition) is 4. The van der Waals surface area contributed by atoms with Gasteiger partial charge in [0.25, 0.3) is 0 Å². The van der Waals surface area contributed by atoms with Crippen molar-refractivity contribution in [3.8, 4) is 5.69 Å². The van der Waals surface area contributed by atoms with Crippen molar-refractivity contribution in [3.05, 3.63) is 36.7 Å². The Morgan fingerprint density at radius 1 is 1.38 bits per heavy atom. The van der Waals surface area contributed by atoms with E-state index in [0.29, 0.717) is 18.6 Å². The van der Waals surface area contributed by atoms with Gasteiger partial charge >= 0.3 is 6.03 Å². The predicted molar refractivity (Wildman–Crippen MR) is 91.1 cm³/mol. The minimum absolute atomic E-state index is 0.177. The van der Waals surface area contributed by atoms with Crippen LogP contribution in [0.3, 0.4) is 0 Å². The van der Waals surface area contributed by atoms with E-state index in [1.807, 2.05) is 24.3 Å². The van der Waals surface area contributed by atoms with E-state index in [1.165, 1.54) is 0 Å². The maximum Gasteiger partial charge on any atom is 0.319 e. The first kappa shape index (κ1) is 16.4. The molecule has 1 saturated heterocycles. The van der Waals surface area contributed by atoms with E-state index in [2.05, 4.69) is 27.9 Å². The Morgan fingerprint density at radius 2 is 2.21 bits per heavy atom. The summed E-state index contributed by atoms with van der Waals surface area (Å²) >= 11 is 0. The van der Waals surface area contributed by atoms with E-state index in [4.69, 9.17) is 4.74 Å². The Morgan fingerprint density at radius 3 is 2.92 bits per heavy atom. The Bertz CT molecular complexity index is 642. The second kappa shape index (κ2) is 7.92. The lowest BCUT2D eigenvalue weighted by atomic mass is 9.93. The summed E-state index contributed by atoms with van der Waals surface area (Å²) in [4.78, 5) is 12.0. The molecule has 24 heavy (non-hydrogen) atoms. The van der Waals surface area contributed by atoms with Crippen molar-refractivity contribution >= 4 is 11.7 Å².